The first-order valence-corrected chi connectivity index (χ1v) is 12.0. The molecule has 0 radical (unpaired) electrons. The zero-order chi connectivity index (χ0) is 20.7. The van der Waals surface area contributed by atoms with Gasteiger partial charge in [0, 0.05) is 10.3 Å². The quantitative estimate of drug-likeness (QED) is 0.334. The molecule has 31 heavy (non-hydrogen) atoms. The van der Waals surface area contributed by atoms with Crippen molar-refractivity contribution in [2.45, 2.75) is 40.7 Å². The zero-order valence-electron chi connectivity index (χ0n) is 17.6. The minimum Gasteiger partial charge on any atom is -0.114 e. The van der Waals surface area contributed by atoms with Crippen LogP contribution in [0, 0.1) is 0 Å². The smallest absolute Gasteiger partial charge is 0.0507 e. The summed E-state index contributed by atoms with van der Waals surface area (Å²) in [5.41, 5.74) is 7.74. The average Bonchev–Trinajstić information content (AvgIpc) is 2.80. The Labute approximate surface area is 189 Å². The van der Waals surface area contributed by atoms with Crippen LogP contribution in [0.2, 0.25) is 0 Å². The van der Waals surface area contributed by atoms with Gasteiger partial charge in [-0.3, -0.25) is 0 Å². The van der Waals surface area contributed by atoms with Crippen LogP contribution in [0.4, 0.5) is 0 Å². The van der Waals surface area contributed by atoms with Crippen molar-refractivity contribution in [3.05, 3.63) is 137 Å². The van der Waals surface area contributed by atoms with Crippen LogP contribution in [-0.2, 0) is 29.4 Å². The molecule has 6 rings (SSSR count). The molecule has 0 N–H and O–H groups in total. The Balaban J connectivity index is 1.56. The second-order valence-electron chi connectivity index (χ2n) is 9.20. The van der Waals surface area contributed by atoms with E-state index in [9.17, 15) is 0 Å². The summed E-state index contributed by atoms with van der Waals surface area (Å²) in [7, 11) is 0. The van der Waals surface area contributed by atoms with Crippen LogP contribution >= 0.6 is 11.8 Å². The van der Waals surface area contributed by atoms with Gasteiger partial charge < -0.3 is 0 Å². The van der Waals surface area contributed by atoms with E-state index in [4.69, 9.17) is 0 Å². The van der Waals surface area contributed by atoms with Crippen molar-refractivity contribution in [1.82, 2.24) is 0 Å². The predicted molar refractivity (Wildman–Crippen MR) is 131 cm³/mol. The Kier molecular flexibility index (Phi) is 4.54. The molecule has 2 unspecified atom stereocenters. The van der Waals surface area contributed by atoms with Gasteiger partial charge in [0.1, 0.15) is 0 Å². The van der Waals surface area contributed by atoms with Gasteiger partial charge in [-0.15, -0.1) is 11.8 Å². The molecule has 0 spiro atoms. The van der Waals surface area contributed by atoms with Gasteiger partial charge in [-0.25, -0.2) is 0 Å². The number of thioether (sulfide) groups is 1. The van der Waals surface area contributed by atoms with E-state index in [0.29, 0.717) is 0 Å². The van der Waals surface area contributed by atoms with Gasteiger partial charge in [-0.1, -0.05) is 97.1 Å². The summed E-state index contributed by atoms with van der Waals surface area (Å²) in [6.45, 7) is 0. The van der Waals surface area contributed by atoms with Crippen LogP contribution in [0.5, 0.6) is 0 Å². The second kappa shape index (κ2) is 7.43. The maximum absolute atomic E-state index is 2.41. The Hall–Kier alpha value is -2.77. The lowest BCUT2D eigenvalue weighted by atomic mass is 9.55. The van der Waals surface area contributed by atoms with E-state index >= 15 is 0 Å². The first-order valence-electron chi connectivity index (χ1n) is 11.2. The highest BCUT2D eigenvalue weighted by molar-refractivity contribution is 8.00. The highest BCUT2D eigenvalue weighted by atomic mass is 32.2. The van der Waals surface area contributed by atoms with E-state index in [1.165, 1.54) is 28.0 Å². The molecular formula is C30H26S. The van der Waals surface area contributed by atoms with Gasteiger partial charge in [0.15, 0.2) is 0 Å². The van der Waals surface area contributed by atoms with Gasteiger partial charge in [0.2, 0.25) is 0 Å². The molecule has 0 fully saturated rings. The van der Waals surface area contributed by atoms with Crippen molar-refractivity contribution >= 4 is 11.8 Å². The van der Waals surface area contributed by atoms with Crippen LogP contribution in [0.25, 0.3) is 0 Å². The molecule has 2 aliphatic rings. The van der Waals surface area contributed by atoms with Gasteiger partial charge >= 0.3 is 0 Å². The molecule has 2 aliphatic carbocycles. The molecule has 2 atom stereocenters. The molecule has 0 saturated heterocycles. The summed E-state index contributed by atoms with van der Waals surface area (Å²) in [5.74, 6) is 0. The van der Waals surface area contributed by atoms with E-state index in [0.717, 1.165) is 19.3 Å². The summed E-state index contributed by atoms with van der Waals surface area (Å²) >= 11 is 2.08. The first kappa shape index (κ1) is 19.0. The number of rotatable bonds is 4. The van der Waals surface area contributed by atoms with Gasteiger partial charge in [0.05, 0.1) is 4.75 Å². The Morgan fingerprint density at radius 2 is 1.16 bits per heavy atom. The minimum absolute atomic E-state index is 0.0688. The van der Waals surface area contributed by atoms with Crippen molar-refractivity contribution < 1.29 is 0 Å². The van der Waals surface area contributed by atoms with Gasteiger partial charge in [0.25, 0.3) is 0 Å². The first-order chi connectivity index (χ1) is 15.3. The van der Waals surface area contributed by atoms with Crippen molar-refractivity contribution in [2.75, 3.05) is 0 Å². The number of fused-ring (bicyclic) bond motifs is 6. The fourth-order valence-electron chi connectivity index (χ4n) is 6.08. The van der Waals surface area contributed by atoms with Crippen molar-refractivity contribution in [3.63, 3.8) is 0 Å². The third-order valence-electron chi connectivity index (χ3n) is 7.17. The molecule has 0 nitrogen and oxygen atoms in total. The maximum atomic E-state index is 2.41. The molecule has 0 aliphatic heterocycles. The zero-order valence-corrected chi connectivity index (χ0v) is 18.4. The fourth-order valence-corrected chi connectivity index (χ4v) is 7.71. The second-order valence-corrected chi connectivity index (χ2v) is 10.7. The van der Waals surface area contributed by atoms with E-state index in [1.807, 2.05) is 0 Å². The molecule has 0 amide bonds. The molecule has 2 bridgehead atoms. The summed E-state index contributed by atoms with van der Waals surface area (Å²) in [6.07, 6.45) is 4.49. The summed E-state index contributed by atoms with van der Waals surface area (Å²) in [5, 5.41) is 0. The van der Waals surface area contributed by atoms with Crippen molar-refractivity contribution in [1.29, 1.82) is 0 Å². The molecule has 4 aromatic carbocycles. The fraction of sp³-hybridized carbons (Fsp3) is 0.200. The molecule has 0 heterocycles. The highest BCUT2D eigenvalue weighted by Gasteiger charge is 2.53. The monoisotopic (exact) mass is 418 g/mol. The maximum Gasteiger partial charge on any atom is 0.0507 e. The molecule has 0 saturated carbocycles. The third kappa shape index (κ3) is 3.23. The molecular weight excluding hydrogens is 392 g/mol. The SMILES string of the molecule is c1ccc(CC23Cc4ccccc4C(Sc4ccccc4)(Cc4ccccc42)C3)cc1. The normalized spacial score (nSPS) is 23.6. The molecule has 152 valence electrons. The lowest BCUT2D eigenvalue weighted by Gasteiger charge is -2.54. The predicted octanol–water partition coefficient (Wildman–Crippen LogP) is 7.36. The number of hydrogen-bond donors (Lipinski definition) is 0. The Morgan fingerprint density at radius 1 is 0.581 bits per heavy atom. The Morgan fingerprint density at radius 3 is 1.90 bits per heavy atom. The topological polar surface area (TPSA) is 0 Å². The molecule has 1 heteroatoms. The van der Waals surface area contributed by atoms with E-state index in [-0.39, 0.29) is 10.2 Å². The lowest BCUT2D eigenvalue weighted by molar-refractivity contribution is 0.283. The van der Waals surface area contributed by atoms with Crippen LogP contribution in [0.1, 0.15) is 34.2 Å². The van der Waals surface area contributed by atoms with E-state index in [2.05, 4.69) is 121 Å². The van der Waals surface area contributed by atoms with Crippen molar-refractivity contribution in [3.8, 4) is 0 Å². The molecule has 0 aromatic heterocycles. The standard InChI is InChI=1S/C30H26S/c1-3-11-23(12-4-1)19-29-20-24-13-8-10-18-28(24)30(22-29,31-26-15-5-2-6-16-26)21-25-14-7-9-17-27(25)29/h1-18H,19-22H2. The molecule has 4 aromatic rings. The lowest BCUT2D eigenvalue weighted by Crippen LogP contribution is -2.49. The average molecular weight is 419 g/mol. The van der Waals surface area contributed by atoms with Crippen LogP contribution in [0.15, 0.2) is 114 Å². The van der Waals surface area contributed by atoms with E-state index in [1.54, 1.807) is 11.1 Å². The summed E-state index contributed by atoms with van der Waals surface area (Å²) < 4.78 is 0.0688. The Bertz CT molecular complexity index is 1120. The van der Waals surface area contributed by atoms with Crippen LogP contribution in [-0.4, -0.2) is 0 Å². The number of hydrogen-bond acceptors (Lipinski definition) is 1. The highest BCUT2D eigenvalue weighted by Crippen LogP contribution is 2.61. The minimum atomic E-state index is 0.0688. The van der Waals surface area contributed by atoms with Gasteiger partial charge in [-0.05, 0) is 65.6 Å². The van der Waals surface area contributed by atoms with E-state index < -0.39 is 0 Å². The number of benzene rings is 4. The van der Waals surface area contributed by atoms with Crippen LogP contribution < -0.4 is 0 Å². The van der Waals surface area contributed by atoms with Crippen molar-refractivity contribution in [2.24, 2.45) is 0 Å². The third-order valence-corrected chi connectivity index (χ3v) is 8.57. The van der Waals surface area contributed by atoms with Crippen LogP contribution in [0.3, 0.4) is 0 Å². The summed E-state index contributed by atoms with van der Waals surface area (Å²) in [6, 6.07) is 40.6. The largest absolute Gasteiger partial charge is 0.114 e. The summed E-state index contributed by atoms with van der Waals surface area (Å²) in [4.78, 5) is 1.37. The van der Waals surface area contributed by atoms with Gasteiger partial charge in [-0.2, -0.15) is 0 Å².